The van der Waals surface area contributed by atoms with Crippen LogP contribution < -0.4 is 5.14 Å². The van der Waals surface area contributed by atoms with Gasteiger partial charge in [0.25, 0.3) is 0 Å². The van der Waals surface area contributed by atoms with Crippen molar-refractivity contribution in [3.05, 3.63) is 60.5 Å². The molecule has 0 saturated heterocycles. The molecule has 3 aromatic rings. The van der Waals surface area contributed by atoms with Crippen LogP contribution in [0.25, 0.3) is 22.4 Å². The van der Waals surface area contributed by atoms with Gasteiger partial charge in [0, 0.05) is 24.4 Å². The highest BCUT2D eigenvalue weighted by Gasteiger charge is 2.20. The Hall–Kier alpha value is -2.51. The predicted octanol–water partition coefficient (Wildman–Crippen LogP) is 2.54. The molecule has 0 aliphatic carbocycles. The minimum Gasteiger partial charge on any atom is -0.275 e. The summed E-state index contributed by atoms with van der Waals surface area (Å²) >= 11 is 0. The Morgan fingerprint density at radius 2 is 1.70 bits per heavy atom. The number of nitrogens with zero attached hydrogens (tertiary/aromatic N) is 2. The molecular weight excluding hydrogens is 317 g/mol. The molecule has 2 N–H and O–H groups in total. The van der Waals surface area contributed by atoms with Crippen LogP contribution in [0.5, 0.6) is 0 Å². The maximum Gasteiger partial charge on any atom is 0.238 e. The Morgan fingerprint density at radius 1 is 1.04 bits per heavy atom. The molecule has 2 aromatic carbocycles. The lowest BCUT2D eigenvalue weighted by atomic mass is 10.0. The van der Waals surface area contributed by atoms with Crippen LogP contribution >= 0.6 is 0 Å². The molecule has 0 amide bonds. The van der Waals surface area contributed by atoms with Gasteiger partial charge in [-0.25, -0.2) is 17.9 Å². The third kappa shape index (κ3) is 3.01. The number of hydrogen-bond donors (Lipinski definition) is 1. The summed E-state index contributed by atoms with van der Waals surface area (Å²) in [5.41, 5.74) is 2.32. The van der Waals surface area contributed by atoms with Gasteiger partial charge in [0.05, 0.1) is 4.90 Å². The van der Waals surface area contributed by atoms with Crippen molar-refractivity contribution in [2.75, 3.05) is 0 Å². The van der Waals surface area contributed by atoms with E-state index in [0.29, 0.717) is 16.8 Å². The van der Waals surface area contributed by atoms with Crippen LogP contribution in [0.1, 0.15) is 0 Å². The summed E-state index contributed by atoms with van der Waals surface area (Å²) in [5, 5.41) is 9.66. The van der Waals surface area contributed by atoms with Gasteiger partial charge >= 0.3 is 0 Å². The molecule has 0 radical (unpaired) electrons. The van der Waals surface area contributed by atoms with Gasteiger partial charge in [0.2, 0.25) is 10.0 Å². The van der Waals surface area contributed by atoms with E-state index in [1.54, 1.807) is 48.3 Å². The van der Waals surface area contributed by atoms with Gasteiger partial charge < -0.3 is 0 Å². The smallest absolute Gasteiger partial charge is 0.238 e. The van der Waals surface area contributed by atoms with E-state index >= 15 is 0 Å². The van der Waals surface area contributed by atoms with Gasteiger partial charge in [-0.3, -0.25) is 4.68 Å². The Bertz CT molecular complexity index is 963. The lowest BCUT2D eigenvalue weighted by Crippen LogP contribution is -2.13. The maximum absolute atomic E-state index is 13.1. The van der Waals surface area contributed by atoms with E-state index in [4.69, 9.17) is 5.14 Å². The molecule has 0 saturated carbocycles. The van der Waals surface area contributed by atoms with E-state index in [1.165, 1.54) is 18.2 Å². The number of nitrogens with two attached hydrogens (primary N) is 1. The number of aromatic nitrogens is 2. The molecule has 1 heterocycles. The summed E-state index contributed by atoms with van der Waals surface area (Å²) < 4.78 is 38.4. The summed E-state index contributed by atoms with van der Waals surface area (Å²) in [5.74, 6) is -0.343. The van der Waals surface area contributed by atoms with Gasteiger partial charge in [-0.2, -0.15) is 5.10 Å². The minimum atomic E-state index is -3.89. The summed E-state index contributed by atoms with van der Waals surface area (Å²) in [6.07, 6.45) is 1.75. The molecule has 5 nitrogen and oxygen atoms in total. The third-order valence-corrected chi connectivity index (χ3v) is 4.40. The molecule has 0 aliphatic heterocycles. The van der Waals surface area contributed by atoms with Crippen LogP contribution in [0, 0.1) is 5.82 Å². The fourth-order valence-corrected chi connectivity index (χ4v) is 3.18. The largest absolute Gasteiger partial charge is 0.275 e. The number of hydrogen-bond acceptors (Lipinski definition) is 3. The number of primary sulfonamides is 1. The second-order valence-electron chi connectivity index (χ2n) is 5.11. The van der Waals surface area contributed by atoms with Crippen LogP contribution in [0.4, 0.5) is 4.39 Å². The third-order valence-electron chi connectivity index (χ3n) is 3.43. The standard InChI is InChI=1S/C16H14FN3O2S/c1-20-10-14(11-6-8-12(17)9-7-11)16(19-20)13-4-2-3-5-15(13)23(18,21)22/h2-10H,1H3,(H2,18,21,22). The normalized spacial score (nSPS) is 11.6. The predicted molar refractivity (Wildman–Crippen MR) is 85.4 cm³/mol. The number of benzene rings is 2. The zero-order valence-electron chi connectivity index (χ0n) is 12.3. The van der Waals surface area contributed by atoms with Crippen molar-refractivity contribution >= 4 is 10.0 Å². The summed E-state index contributed by atoms with van der Waals surface area (Å²) in [6.45, 7) is 0. The SMILES string of the molecule is Cn1cc(-c2ccc(F)cc2)c(-c2ccccc2S(N)(=O)=O)n1. The van der Waals surface area contributed by atoms with Crippen molar-refractivity contribution in [1.82, 2.24) is 9.78 Å². The second-order valence-corrected chi connectivity index (χ2v) is 6.64. The Morgan fingerprint density at radius 3 is 2.35 bits per heavy atom. The molecular formula is C16H14FN3O2S. The van der Waals surface area contributed by atoms with Crippen molar-refractivity contribution < 1.29 is 12.8 Å². The summed E-state index contributed by atoms with van der Waals surface area (Å²) in [4.78, 5) is 0.00191. The van der Waals surface area contributed by atoms with E-state index in [9.17, 15) is 12.8 Å². The van der Waals surface area contributed by atoms with Crippen LogP contribution in [0.2, 0.25) is 0 Å². The van der Waals surface area contributed by atoms with Gasteiger partial charge in [0.1, 0.15) is 11.5 Å². The number of aryl methyl sites for hydroxylation is 1. The first kappa shape index (κ1) is 15.4. The highest BCUT2D eigenvalue weighted by atomic mass is 32.2. The first-order valence-corrected chi connectivity index (χ1v) is 8.32. The van der Waals surface area contributed by atoms with Crippen molar-refractivity contribution in [3.8, 4) is 22.4 Å². The minimum absolute atomic E-state index is 0.00191. The maximum atomic E-state index is 13.1. The molecule has 0 atom stereocenters. The Balaban J connectivity index is 2.25. The number of rotatable bonds is 3. The average Bonchev–Trinajstić information content (AvgIpc) is 2.89. The second kappa shape index (κ2) is 5.60. The molecule has 0 unspecified atom stereocenters. The molecule has 3 rings (SSSR count). The van der Waals surface area contributed by atoms with Gasteiger partial charge in [-0.1, -0.05) is 30.3 Å². The number of sulfonamides is 1. The van der Waals surface area contributed by atoms with Crippen molar-refractivity contribution in [1.29, 1.82) is 0 Å². The van der Waals surface area contributed by atoms with Crippen LogP contribution in [0.3, 0.4) is 0 Å². The number of halogens is 1. The van der Waals surface area contributed by atoms with Crippen LogP contribution in [-0.2, 0) is 17.1 Å². The molecule has 1 aromatic heterocycles. The molecule has 0 fully saturated rings. The van der Waals surface area contributed by atoms with Crippen LogP contribution in [-0.4, -0.2) is 18.2 Å². The van der Waals surface area contributed by atoms with E-state index in [2.05, 4.69) is 5.10 Å². The van der Waals surface area contributed by atoms with E-state index < -0.39 is 10.0 Å². The van der Waals surface area contributed by atoms with Crippen molar-refractivity contribution in [3.63, 3.8) is 0 Å². The van der Waals surface area contributed by atoms with Gasteiger partial charge in [0.15, 0.2) is 0 Å². The van der Waals surface area contributed by atoms with Gasteiger partial charge in [-0.15, -0.1) is 0 Å². The monoisotopic (exact) mass is 331 g/mol. The fraction of sp³-hybridized carbons (Fsp3) is 0.0625. The Labute approximate surface area is 133 Å². The fourth-order valence-electron chi connectivity index (χ4n) is 2.44. The van der Waals surface area contributed by atoms with Gasteiger partial charge in [-0.05, 0) is 23.8 Å². The average molecular weight is 331 g/mol. The highest BCUT2D eigenvalue weighted by Crippen LogP contribution is 2.34. The molecule has 7 heteroatoms. The first-order valence-electron chi connectivity index (χ1n) is 6.78. The quantitative estimate of drug-likeness (QED) is 0.801. The lowest BCUT2D eigenvalue weighted by Gasteiger charge is -2.07. The van der Waals surface area contributed by atoms with Crippen molar-refractivity contribution in [2.24, 2.45) is 12.2 Å². The van der Waals surface area contributed by atoms with Crippen molar-refractivity contribution in [2.45, 2.75) is 4.90 Å². The zero-order valence-corrected chi connectivity index (χ0v) is 13.1. The summed E-state index contributed by atoms with van der Waals surface area (Å²) in [7, 11) is -2.16. The van der Waals surface area contributed by atoms with E-state index in [0.717, 1.165) is 5.56 Å². The molecule has 23 heavy (non-hydrogen) atoms. The Kier molecular flexibility index (Phi) is 3.75. The molecule has 0 bridgehead atoms. The topological polar surface area (TPSA) is 78.0 Å². The zero-order chi connectivity index (χ0) is 16.6. The highest BCUT2D eigenvalue weighted by molar-refractivity contribution is 7.89. The molecule has 0 aliphatic rings. The van der Waals surface area contributed by atoms with Crippen LogP contribution in [0.15, 0.2) is 59.6 Å². The first-order chi connectivity index (χ1) is 10.9. The summed E-state index contributed by atoms with van der Waals surface area (Å²) in [6, 6.07) is 12.3. The van der Waals surface area contributed by atoms with E-state index in [1.807, 2.05) is 0 Å². The lowest BCUT2D eigenvalue weighted by molar-refractivity contribution is 0.598. The molecule has 0 spiro atoms. The molecule has 118 valence electrons. The van der Waals surface area contributed by atoms with E-state index in [-0.39, 0.29) is 10.7 Å².